The van der Waals surface area contributed by atoms with Gasteiger partial charge in [0, 0.05) is 11.1 Å². The van der Waals surface area contributed by atoms with Gasteiger partial charge in [0.2, 0.25) is 5.82 Å². The molecule has 0 spiro atoms. The van der Waals surface area contributed by atoms with Gasteiger partial charge in [0.05, 0.1) is 19.8 Å². The van der Waals surface area contributed by atoms with Crippen molar-refractivity contribution in [1.29, 1.82) is 0 Å². The highest BCUT2D eigenvalue weighted by Gasteiger charge is 2.27. The van der Waals surface area contributed by atoms with E-state index < -0.39 is 23.3 Å². The Morgan fingerprint density at radius 3 is 2.12 bits per heavy atom. The zero-order valence-corrected chi connectivity index (χ0v) is 19.3. The van der Waals surface area contributed by atoms with Crippen LogP contribution in [0.5, 0.6) is 5.75 Å². The van der Waals surface area contributed by atoms with Gasteiger partial charge in [-0.25, -0.2) is 13.2 Å². The quantitative estimate of drug-likeness (QED) is 0.328. The molecule has 3 aromatic rings. The molecule has 0 radical (unpaired) electrons. The van der Waals surface area contributed by atoms with Crippen LogP contribution in [0.25, 0.3) is 11.1 Å². The van der Waals surface area contributed by atoms with Crippen LogP contribution in [0.15, 0.2) is 48.5 Å². The third kappa shape index (κ3) is 4.97. The molecule has 0 aliphatic heterocycles. The van der Waals surface area contributed by atoms with Crippen molar-refractivity contribution in [2.45, 2.75) is 57.7 Å². The first-order valence-electron chi connectivity index (χ1n) is 11.6. The monoisotopic (exact) mass is 472 g/mol. The van der Waals surface area contributed by atoms with E-state index in [-0.39, 0.29) is 35.5 Å². The Labute approximate surface area is 197 Å². The minimum absolute atomic E-state index is 0.0589. The van der Waals surface area contributed by atoms with Crippen molar-refractivity contribution in [1.82, 2.24) is 0 Å². The lowest BCUT2D eigenvalue weighted by Crippen LogP contribution is -2.21. The molecule has 0 atom stereocenters. The molecule has 2 nitrogen and oxygen atoms in total. The summed E-state index contributed by atoms with van der Waals surface area (Å²) in [6, 6.07) is 13.6. The maximum atomic E-state index is 15.0. The molecule has 34 heavy (non-hydrogen) atoms. The van der Waals surface area contributed by atoms with Crippen LogP contribution in [0.2, 0.25) is 0 Å². The minimum Gasteiger partial charge on any atom is -0.494 e. The van der Waals surface area contributed by atoms with Gasteiger partial charge in [0.25, 0.3) is 0 Å². The Morgan fingerprint density at radius 2 is 1.47 bits per heavy atom. The van der Waals surface area contributed by atoms with E-state index in [1.807, 2.05) is 31.2 Å². The van der Waals surface area contributed by atoms with Crippen LogP contribution in [0.3, 0.4) is 0 Å². The summed E-state index contributed by atoms with van der Waals surface area (Å²) in [5.41, 5.74) is 2.55. The molecular formula is C28H28F4O2. The van der Waals surface area contributed by atoms with Crippen LogP contribution in [0.4, 0.5) is 17.6 Å². The molecule has 1 aliphatic rings. The van der Waals surface area contributed by atoms with Gasteiger partial charge >= 0.3 is 0 Å². The van der Waals surface area contributed by atoms with Crippen molar-refractivity contribution in [2.75, 3.05) is 7.11 Å². The van der Waals surface area contributed by atoms with Gasteiger partial charge in [-0.15, -0.1) is 0 Å². The van der Waals surface area contributed by atoms with Crippen molar-refractivity contribution >= 4 is 0 Å². The van der Waals surface area contributed by atoms with E-state index in [4.69, 9.17) is 9.47 Å². The molecule has 0 heterocycles. The van der Waals surface area contributed by atoms with Gasteiger partial charge in [-0.1, -0.05) is 43.3 Å². The molecule has 0 N–H and O–H groups in total. The third-order valence-electron chi connectivity index (χ3n) is 6.72. The van der Waals surface area contributed by atoms with Crippen LogP contribution in [-0.4, -0.2) is 13.2 Å². The molecule has 3 aromatic carbocycles. The number of ether oxygens (including phenoxy) is 2. The Kier molecular flexibility index (Phi) is 7.57. The molecule has 6 heteroatoms. The highest BCUT2D eigenvalue weighted by Crippen LogP contribution is 2.38. The molecule has 1 fully saturated rings. The molecule has 1 aliphatic carbocycles. The highest BCUT2D eigenvalue weighted by molar-refractivity contribution is 5.65. The minimum atomic E-state index is -1.03. The summed E-state index contributed by atoms with van der Waals surface area (Å²) in [7, 11) is 1.28. The van der Waals surface area contributed by atoms with E-state index in [2.05, 4.69) is 0 Å². The fourth-order valence-electron chi connectivity index (χ4n) is 4.61. The van der Waals surface area contributed by atoms with Gasteiger partial charge in [0.15, 0.2) is 23.2 Å². The lowest BCUT2D eigenvalue weighted by molar-refractivity contribution is 0.0116. The first-order chi connectivity index (χ1) is 16.4. The molecule has 180 valence electrons. The number of methoxy groups -OCH3 is 1. The number of hydrogen-bond donors (Lipinski definition) is 0. The lowest BCUT2D eigenvalue weighted by atomic mass is 9.82. The van der Waals surface area contributed by atoms with E-state index in [9.17, 15) is 17.6 Å². The molecule has 4 rings (SSSR count). The van der Waals surface area contributed by atoms with Gasteiger partial charge < -0.3 is 9.47 Å². The fraction of sp³-hybridized carbons (Fsp3) is 0.357. The van der Waals surface area contributed by atoms with Gasteiger partial charge in [-0.05, 0) is 66.8 Å². The van der Waals surface area contributed by atoms with Crippen molar-refractivity contribution in [3.63, 3.8) is 0 Å². The first kappa shape index (κ1) is 24.3. The van der Waals surface area contributed by atoms with Crippen molar-refractivity contribution in [2.24, 2.45) is 0 Å². The van der Waals surface area contributed by atoms with Crippen molar-refractivity contribution in [3.8, 4) is 16.9 Å². The molecule has 0 saturated heterocycles. The maximum absolute atomic E-state index is 15.0. The van der Waals surface area contributed by atoms with Gasteiger partial charge in [0.1, 0.15) is 0 Å². The largest absolute Gasteiger partial charge is 0.494 e. The average Bonchev–Trinajstić information content (AvgIpc) is 2.87. The van der Waals surface area contributed by atoms with E-state index >= 15 is 0 Å². The first-order valence-corrected chi connectivity index (χ1v) is 11.6. The zero-order valence-electron chi connectivity index (χ0n) is 19.3. The Bertz CT molecular complexity index is 1140. The summed E-state index contributed by atoms with van der Waals surface area (Å²) in [5.74, 6) is -3.89. The van der Waals surface area contributed by atoms with E-state index in [1.165, 1.54) is 19.2 Å². The smallest absolute Gasteiger partial charge is 0.200 e. The standard InChI is InChI=1S/C28H28F4O2/c1-3-17-4-6-18(7-5-17)22-13-14-23(27(31)26(22)30)19-8-11-21(12-9-19)34-16-20-10-15-24(33-2)28(32)25(20)29/h4-7,10,13-15,19,21H,3,8-9,11-12,16H2,1-2H3. The van der Waals surface area contributed by atoms with Crippen molar-refractivity contribution in [3.05, 3.63) is 88.5 Å². The normalized spacial score (nSPS) is 18.2. The molecule has 0 unspecified atom stereocenters. The topological polar surface area (TPSA) is 18.5 Å². The van der Waals surface area contributed by atoms with Gasteiger partial charge in [-0.3, -0.25) is 0 Å². The molecule has 0 bridgehead atoms. The summed E-state index contributed by atoms with van der Waals surface area (Å²) < 4.78 is 68.5. The maximum Gasteiger partial charge on any atom is 0.200 e. The van der Waals surface area contributed by atoms with Crippen molar-refractivity contribution < 1.29 is 27.0 Å². The molecule has 0 aromatic heterocycles. The number of rotatable bonds is 7. The van der Waals surface area contributed by atoms with Crippen LogP contribution in [0.1, 0.15) is 55.2 Å². The SMILES string of the molecule is CCc1ccc(-c2ccc(C3CCC(OCc4ccc(OC)c(F)c4F)CC3)c(F)c2F)cc1. The molecule has 1 saturated carbocycles. The predicted octanol–water partition coefficient (Wildman–Crippen LogP) is 7.72. The number of aryl methyl sites for hydroxylation is 1. The Balaban J connectivity index is 1.38. The van der Waals surface area contributed by atoms with Crippen LogP contribution in [0, 0.1) is 23.3 Å². The summed E-state index contributed by atoms with van der Waals surface area (Å²) in [5, 5.41) is 0. The highest BCUT2D eigenvalue weighted by atomic mass is 19.2. The Morgan fingerprint density at radius 1 is 0.765 bits per heavy atom. The number of halogens is 4. The van der Waals surface area contributed by atoms with Gasteiger partial charge in [-0.2, -0.15) is 4.39 Å². The molecular weight excluding hydrogens is 444 g/mol. The van der Waals surface area contributed by atoms with E-state index in [0.29, 0.717) is 36.8 Å². The molecule has 0 amide bonds. The fourth-order valence-corrected chi connectivity index (χ4v) is 4.61. The van der Waals surface area contributed by atoms with E-state index in [1.54, 1.807) is 12.1 Å². The predicted molar refractivity (Wildman–Crippen MR) is 124 cm³/mol. The summed E-state index contributed by atoms with van der Waals surface area (Å²) in [4.78, 5) is 0. The van der Waals surface area contributed by atoms with E-state index in [0.717, 1.165) is 12.0 Å². The second-order valence-electron chi connectivity index (χ2n) is 8.72. The second-order valence-corrected chi connectivity index (χ2v) is 8.72. The number of benzene rings is 3. The second kappa shape index (κ2) is 10.6. The zero-order chi connectivity index (χ0) is 24.2. The average molecular weight is 473 g/mol. The van der Waals surface area contributed by atoms with Crippen LogP contribution >= 0.6 is 0 Å². The number of hydrogen-bond acceptors (Lipinski definition) is 2. The summed E-state index contributed by atoms with van der Waals surface area (Å²) in [6.45, 7) is 1.98. The van der Waals surface area contributed by atoms with Crippen LogP contribution in [-0.2, 0) is 17.8 Å². The van der Waals surface area contributed by atoms with Crippen LogP contribution < -0.4 is 4.74 Å². The summed E-state index contributed by atoms with van der Waals surface area (Å²) in [6.07, 6.45) is 3.26. The third-order valence-corrected chi connectivity index (χ3v) is 6.72. The Hall–Kier alpha value is -2.86. The summed E-state index contributed by atoms with van der Waals surface area (Å²) >= 11 is 0. The lowest BCUT2D eigenvalue weighted by Gasteiger charge is -2.29.